The first-order valence-electron chi connectivity index (χ1n) is 6.37. The largest absolute Gasteiger partial charge is 0.336 e. The van der Waals surface area contributed by atoms with Crippen molar-refractivity contribution in [3.05, 3.63) is 0 Å². The minimum atomic E-state index is 0.0633. The number of nitrogens with zero attached hydrogens (tertiary/aromatic N) is 1. The molecule has 3 nitrogen and oxygen atoms in total. The third kappa shape index (κ3) is 2.38. The molecule has 92 valence electrons. The van der Waals surface area contributed by atoms with Crippen LogP contribution in [0, 0.1) is 0 Å². The molecule has 2 saturated heterocycles. The predicted molar refractivity (Wildman–Crippen MR) is 68.7 cm³/mol. The van der Waals surface area contributed by atoms with Crippen LogP contribution in [0.3, 0.4) is 0 Å². The summed E-state index contributed by atoms with van der Waals surface area (Å²) in [6, 6.07) is 0.982. The zero-order valence-corrected chi connectivity index (χ0v) is 11.1. The molecule has 1 amide bonds. The number of hydrogen-bond acceptors (Lipinski definition) is 3. The lowest BCUT2D eigenvalue weighted by Crippen LogP contribution is -2.53. The Balaban J connectivity index is 2.01. The van der Waals surface area contributed by atoms with Crippen LogP contribution in [0.4, 0.5) is 0 Å². The Morgan fingerprint density at radius 2 is 2.31 bits per heavy atom. The molecule has 3 atom stereocenters. The summed E-state index contributed by atoms with van der Waals surface area (Å²) < 4.78 is 0. The number of rotatable bonds is 2. The van der Waals surface area contributed by atoms with Gasteiger partial charge in [0.25, 0.3) is 0 Å². The highest BCUT2D eigenvalue weighted by molar-refractivity contribution is 7.99. The van der Waals surface area contributed by atoms with Gasteiger partial charge in [-0.25, -0.2) is 0 Å². The smallest absolute Gasteiger partial charge is 0.241 e. The van der Waals surface area contributed by atoms with Gasteiger partial charge in [0.05, 0.1) is 6.04 Å². The zero-order valence-electron chi connectivity index (χ0n) is 10.2. The van der Waals surface area contributed by atoms with Crippen LogP contribution in [0.1, 0.15) is 33.1 Å². The van der Waals surface area contributed by atoms with Crippen molar-refractivity contribution in [1.82, 2.24) is 10.2 Å². The Morgan fingerprint density at radius 1 is 1.50 bits per heavy atom. The van der Waals surface area contributed by atoms with E-state index >= 15 is 0 Å². The van der Waals surface area contributed by atoms with E-state index < -0.39 is 0 Å². The fourth-order valence-corrected chi connectivity index (χ4v) is 3.70. The van der Waals surface area contributed by atoms with E-state index in [2.05, 4.69) is 24.1 Å². The van der Waals surface area contributed by atoms with Crippen LogP contribution < -0.4 is 5.32 Å². The van der Waals surface area contributed by atoms with Crippen molar-refractivity contribution < 1.29 is 4.79 Å². The molecule has 0 spiro atoms. The molecule has 2 aliphatic rings. The molecule has 2 rings (SSSR count). The first-order chi connectivity index (χ1) is 7.74. The highest BCUT2D eigenvalue weighted by atomic mass is 32.2. The molecular weight excluding hydrogens is 220 g/mol. The summed E-state index contributed by atoms with van der Waals surface area (Å²) in [6.45, 7) is 5.34. The zero-order chi connectivity index (χ0) is 11.5. The first-order valence-corrected chi connectivity index (χ1v) is 7.52. The van der Waals surface area contributed by atoms with Crippen molar-refractivity contribution >= 4 is 17.7 Å². The summed E-state index contributed by atoms with van der Waals surface area (Å²) in [5.74, 6) is 2.42. The van der Waals surface area contributed by atoms with E-state index in [1.54, 1.807) is 0 Å². The molecule has 0 radical (unpaired) electrons. The summed E-state index contributed by atoms with van der Waals surface area (Å²) in [5, 5.41) is 3.35. The minimum absolute atomic E-state index is 0.0633. The van der Waals surface area contributed by atoms with Gasteiger partial charge in [-0.05, 0) is 26.2 Å². The van der Waals surface area contributed by atoms with Crippen LogP contribution >= 0.6 is 11.8 Å². The lowest BCUT2D eigenvalue weighted by Gasteiger charge is -2.33. The quantitative estimate of drug-likeness (QED) is 0.796. The van der Waals surface area contributed by atoms with Crippen LogP contribution in [0.15, 0.2) is 0 Å². The second kappa shape index (κ2) is 5.41. The number of likely N-dealkylation sites (tertiary alicyclic amines) is 1. The fourth-order valence-electron chi connectivity index (χ4n) is 2.77. The Morgan fingerprint density at radius 3 is 2.94 bits per heavy atom. The van der Waals surface area contributed by atoms with Crippen molar-refractivity contribution in [2.45, 2.75) is 51.2 Å². The van der Waals surface area contributed by atoms with Gasteiger partial charge in [0.2, 0.25) is 5.91 Å². The van der Waals surface area contributed by atoms with Gasteiger partial charge in [0.1, 0.15) is 0 Å². The van der Waals surface area contributed by atoms with Gasteiger partial charge in [-0.2, -0.15) is 11.8 Å². The molecule has 0 bridgehead atoms. The third-order valence-electron chi connectivity index (χ3n) is 3.73. The Bertz CT molecular complexity index is 253. The molecule has 0 aromatic rings. The molecular formula is C12H22N2OS. The average Bonchev–Trinajstić information content (AvgIpc) is 2.70. The van der Waals surface area contributed by atoms with E-state index in [1.165, 1.54) is 12.8 Å². The van der Waals surface area contributed by atoms with E-state index in [1.807, 2.05) is 11.8 Å². The standard InChI is InChI=1S/C12H22N2OS/c1-3-10-5-4-9(2)14(10)12(15)11-8-16-7-6-13-11/h9-11,13H,3-8H2,1-2H3. The second-order valence-corrected chi connectivity index (χ2v) is 5.97. The maximum atomic E-state index is 12.4. The maximum Gasteiger partial charge on any atom is 0.241 e. The minimum Gasteiger partial charge on any atom is -0.336 e. The molecule has 0 aromatic carbocycles. The van der Waals surface area contributed by atoms with Crippen LogP contribution in [-0.4, -0.2) is 47.0 Å². The molecule has 3 unspecified atom stereocenters. The van der Waals surface area contributed by atoms with E-state index in [0.29, 0.717) is 18.0 Å². The molecule has 2 heterocycles. The lowest BCUT2D eigenvalue weighted by atomic mass is 10.1. The summed E-state index contributed by atoms with van der Waals surface area (Å²) in [4.78, 5) is 14.6. The molecule has 16 heavy (non-hydrogen) atoms. The summed E-state index contributed by atoms with van der Waals surface area (Å²) >= 11 is 1.89. The summed E-state index contributed by atoms with van der Waals surface area (Å²) in [5.41, 5.74) is 0. The van der Waals surface area contributed by atoms with Gasteiger partial charge in [-0.1, -0.05) is 6.92 Å². The average molecular weight is 242 g/mol. The van der Waals surface area contributed by atoms with E-state index in [4.69, 9.17) is 0 Å². The molecule has 4 heteroatoms. The van der Waals surface area contributed by atoms with Crippen LogP contribution in [0.5, 0.6) is 0 Å². The molecule has 0 saturated carbocycles. The van der Waals surface area contributed by atoms with Crippen molar-refractivity contribution in [3.63, 3.8) is 0 Å². The van der Waals surface area contributed by atoms with Crippen molar-refractivity contribution in [1.29, 1.82) is 0 Å². The van der Waals surface area contributed by atoms with Crippen LogP contribution in [0.2, 0.25) is 0 Å². The molecule has 0 aromatic heterocycles. The van der Waals surface area contributed by atoms with E-state index in [9.17, 15) is 4.79 Å². The Hall–Kier alpha value is -0.220. The topological polar surface area (TPSA) is 32.3 Å². The van der Waals surface area contributed by atoms with Gasteiger partial charge in [-0.15, -0.1) is 0 Å². The normalized spacial score (nSPS) is 35.4. The number of amides is 1. The second-order valence-electron chi connectivity index (χ2n) is 4.82. The first kappa shape index (κ1) is 12.2. The summed E-state index contributed by atoms with van der Waals surface area (Å²) in [7, 11) is 0. The van der Waals surface area contributed by atoms with Crippen LogP contribution in [-0.2, 0) is 4.79 Å². The van der Waals surface area contributed by atoms with Gasteiger partial charge >= 0.3 is 0 Å². The van der Waals surface area contributed by atoms with E-state index in [-0.39, 0.29) is 6.04 Å². The fraction of sp³-hybridized carbons (Fsp3) is 0.917. The number of hydrogen-bond donors (Lipinski definition) is 1. The van der Waals surface area contributed by atoms with Gasteiger partial charge in [0.15, 0.2) is 0 Å². The predicted octanol–water partition coefficient (Wildman–Crippen LogP) is 1.48. The third-order valence-corrected chi connectivity index (χ3v) is 4.79. The summed E-state index contributed by atoms with van der Waals surface area (Å²) in [6.07, 6.45) is 3.45. The lowest BCUT2D eigenvalue weighted by molar-refractivity contribution is -0.135. The Labute approximate surface area is 102 Å². The highest BCUT2D eigenvalue weighted by Gasteiger charge is 2.36. The molecule has 1 N–H and O–H groups in total. The number of thioether (sulfide) groups is 1. The molecule has 2 aliphatic heterocycles. The molecule has 0 aliphatic carbocycles. The monoisotopic (exact) mass is 242 g/mol. The van der Waals surface area contributed by atoms with Gasteiger partial charge in [0, 0.05) is 30.1 Å². The SMILES string of the molecule is CCC1CCC(C)N1C(=O)C1CSCCN1. The molecule has 2 fully saturated rings. The van der Waals surface area contributed by atoms with Crippen molar-refractivity contribution in [2.75, 3.05) is 18.1 Å². The highest BCUT2D eigenvalue weighted by Crippen LogP contribution is 2.27. The maximum absolute atomic E-state index is 12.4. The Kier molecular flexibility index (Phi) is 4.14. The van der Waals surface area contributed by atoms with Crippen LogP contribution in [0.25, 0.3) is 0 Å². The van der Waals surface area contributed by atoms with E-state index in [0.717, 1.165) is 24.5 Å². The van der Waals surface area contributed by atoms with Gasteiger partial charge in [-0.3, -0.25) is 4.79 Å². The number of nitrogens with one attached hydrogen (secondary N) is 1. The van der Waals surface area contributed by atoms with Gasteiger partial charge < -0.3 is 10.2 Å². The number of carbonyl (C=O) groups excluding carboxylic acids is 1. The number of carbonyl (C=O) groups is 1. The van der Waals surface area contributed by atoms with Crippen molar-refractivity contribution in [3.8, 4) is 0 Å². The van der Waals surface area contributed by atoms with Crippen molar-refractivity contribution in [2.24, 2.45) is 0 Å².